The number of methoxy groups -OCH3 is 1. The van der Waals surface area contributed by atoms with Crippen LogP contribution in [0, 0.1) is 6.92 Å². The summed E-state index contributed by atoms with van der Waals surface area (Å²) in [7, 11) is 1.61. The maximum Gasteiger partial charge on any atom is 0.276 e. The van der Waals surface area contributed by atoms with Crippen LogP contribution in [0.4, 0.5) is 5.69 Å². The van der Waals surface area contributed by atoms with E-state index in [1.807, 2.05) is 54.6 Å². The number of nitrogens with one attached hydrogen (secondary N) is 1. The number of aromatic nitrogens is 2. The number of aryl methyl sites for hydroxylation is 1. The van der Waals surface area contributed by atoms with Gasteiger partial charge in [0, 0.05) is 11.3 Å². The largest absolute Gasteiger partial charge is 0.497 e. The second-order valence-corrected chi connectivity index (χ2v) is 5.24. The van der Waals surface area contributed by atoms with Gasteiger partial charge in [-0.25, -0.2) is 4.98 Å². The van der Waals surface area contributed by atoms with Gasteiger partial charge in [0.1, 0.15) is 11.4 Å². The lowest BCUT2D eigenvalue weighted by atomic mass is 10.1. The van der Waals surface area contributed by atoms with Crippen molar-refractivity contribution < 1.29 is 9.53 Å². The molecule has 0 saturated heterocycles. The highest BCUT2D eigenvalue weighted by Gasteiger charge is 2.14. The van der Waals surface area contributed by atoms with Gasteiger partial charge in [-0.05, 0) is 31.2 Å². The van der Waals surface area contributed by atoms with Crippen molar-refractivity contribution in [1.29, 1.82) is 0 Å². The summed E-state index contributed by atoms with van der Waals surface area (Å²) in [5, 5.41) is 2.83. The van der Waals surface area contributed by atoms with E-state index in [0.717, 1.165) is 17.0 Å². The van der Waals surface area contributed by atoms with Crippen molar-refractivity contribution in [3.05, 3.63) is 72.2 Å². The molecule has 1 heterocycles. The molecule has 1 amide bonds. The summed E-state index contributed by atoms with van der Waals surface area (Å²) in [4.78, 5) is 21.3. The van der Waals surface area contributed by atoms with Gasteiger partial charge in [0.15, 0.2) is 0 Å². The molecule has 3 rings (SSSR count). The Morgan fingerprint density at radius 1 is 1.08 bits per heavy atom. The Morgan fingerprint density at radius 3 is 2.62 bits per heavy atom. The molecule has 2 aromatic carbocycles. The highest BCUT2D eigenvalue weighted by atomic mass is 16.5. The zero-order valence-corrected chi connectivity index (χ0v) is 13.5. The van der Waals surface area contributed by atoms with E-state index in [4.69, 9.17) is 4.74 Å². The van der Waals surface area contributed by atoms with Crippen LogP contribution in [0.25, 0.3) is 11.3 Å². The third-order valence-corrected chi connectivity index (χ3v) is 3.57. The third kappa shape index (κ3) is 3.41. The van der Waals surface area contributed by atoms with E-state index in [1.54, 1.807) is 20.2 Å². The summed E-state index contributed by atoms with van der Waals surface area (Å²) >= 11 is 0. The molecular weight excluding hydrogens is 302 g/mol. The fraction of sp³-hybridized carbons (Fsp3) is 0.105. The van der Waals surface area contributed by atoms with Crippen molar-refractivity contribution in [3.63, 3.8) is 0 Å². The van der Waals surface area contributed by atoms with E-state index in [0.29, 0.717) is 17.1 Å². The maximum atomic E-state index is 12.5. The van der Waals surface area contributed by atoms with Crippen LogP contribution in [-0.2, 0) is 0 Å². The lowest BCUT2D eigenvalue weighted by Gasteiger charge is -2.09. The number of para-hydroxylation sites is 1. The van der Waals surface area contributed by atoms with Gasteiger partial charge in [0.2, 0.25) is 0 Å². The second kappa shape index (κ2) is 6.91. The highest BCUT2D eigenvalue weighted by Crippen LogP contribution is 2.22. The average molecular weight is 319 g/mol. The summed E-state index contributed by atoms with van der Waals surface area (Å²) in [5.41, 5.74) is 3.07. The Bertz CT molecular complexity index is 863. The van der Waals surface area contributed by atoms with E-state index in [-0.39, 0.29) is 5.91 Å². The van der Waals surface area contributed by atoms with E-state index in [9.17, 15) is 4.79 Å². The number of benzene rings is 2. The molecular formula is C19H17N3O2. The zero-order chi connectivity index (χ0) is 16.9. The summed E-state index contributed by atoms with van der Waals surface area (Å²) in [6.07, 6.45) is 1.66. The van der Waals surface area contributed by atoms with Gasteiger partial charge < -0.3 is 10.1 Å². The molecule has 0 unspecified atom stereocenters. The molecule has 1 N–H and O–H groups in total. The van der Waals surface area contributed by atoms with Gasteiger partial charge in [0.05, 0.1) is 24.7 Å². The van der Waals surface area contributed by atoms with Gasteiger partial charge in [-0.3, -0.25) is 9.78 Å². The molecule has 5 heteroatoms. The Balaban J connectivity index is 1.92. The molecule has 3 aromatic rings. The van der Waals surface area contributed by atoms with Crippen molar-refractivity contribution in [2.24, 2.45) is 0 Å². The van der Waals surface area contributed by atoms with E-state index in [1.165, 1.54) is 0 Å². The van der Waals surface area contributed by atoms with Gasteiger partial charge >= 0.3 is 0 Å². The van der Waals surface area contributed by atoms with Crippen LogP contribution in [0.2, 0.25) is 0 Å². The topological polar surface area (TPSA) is 64.1 Å². The number of rotatable bonds is 4. The van der Waals surface area contributed by atoms with Gasteiger partial charge in [-0.15, -0.1) is 0 Å². The zero-order valence-electron chi connectivity index (χ0n) is 13.5. The molecule has 0 radical (unpaired) electrons. The van der Waals surface area contributed by atoms with Crippen molar-refractivity contribution in [3.8, 4) is 17.0 Å². The Kier molecular flexibility index (Phi) is 4.52. The summed E-state index contributed by atoms with van der Waals surface area (Å²) in [5.74, 6) is 0.445. The first-order chi connectivity index (χ1) is 11.7. The van der Waals surface area contributed by atoms with Gasteiger partial charge in [0.25, 0.3) is 5.91 Å². The van der Waals surface area contributed by atoms with Gasteiger partial charge in [-0.1, -0.05) is 30.3 Å². The van der Waals surface area contributed by atoms with Crippen LogP contribution in [0.3, 0.4) is 0 Å². The molecule has 24 heavy (non-hydrogen) atoms. The van der Waals surface area contributed by atoms with Crippen LogP contribution < -0.4 is 10.1 Å². The standard InChI is InChI=1S/C19H17N3O2/c1-13-18(19(23)21-15-8-4-3-5-9-15)22-17(12-20-13)14-7-6-10-16(11-14)24-2/h3-12H,1-2H3,(H,21,23). The monoisotopic (exact) mass is 319 g/mol. The first kappa shape index (κ1) is 15.7. The Labute approximate surface area is 140 Å². The van der Waals surface area contributed by atoms with E-state index >= 15 is 0 Å². The normalized spacial score (nSPS) is 10.2. The minimum absolute atomic E-state index is 0.282. The number of ether oxygens (including phenoxy) is 1. The molecule has 0 saturated carbocycles. The summed E-state index contributed by atoms with van der Waals surface area (Å²) in [6, 6.07) is 16.8. The number of carbonyl (C=O) groups is 1. The predicted molar refractivity (Wildman–Crippen MR) is 93.2 cm³/mol. The number of anilines is 1. The molecule has 0 fully saturated rings. The number of amides is 1. The average Bonchev–Trinajstić information content (AvgIpc) is 2.63. The first-order valence-electron chi connectivity index (χ1n) is 7.52. The molecule has 0 aliphatic rings. The highest BCUT2D eigenvalue weighted by molar-refractivity contribution is 6.03. The molecule has 120 valence electrons. The number of hydrogen-bond donors (Lipinski definition) is 1. The quantitative estimate of drug-likeness (QED) is 0.796. The van der Waals surface area contributed by atoms with Crippen LogP contribution in [-0.4, -0.2) is 23.0 Å². The van der Waals surface area contributed by atoms with E-state index in [2.05, 4.69) is 15.3 Å². The number of nitrogens with zero attached hydrogens (tertiary/aromatic N) is 2. The number of carbonyl (C=O) groups excluding carboxylic acids is 1. The summed E-state index contributed by atoms with van der Waals surface area (Å²) < 4.78 is 5.23. The van der Waals surface area contributed by atoms with Crippen LogP contribution in [0.15, 0.2) is 60.8 Å². The molecule has 5 nitrogen and oxygen atoms in total. The molecule has 0 atom stereocenters. The lowest BCUT2D eigenvalue weighted by Crippen LogP contribution is -2.16. The Hall–Kier alpha value is -3.21. The first-order valence-corrected chi connectivity index (χ1v) is 7.52. The second-order valence-electron chi connectivity index (χ2n) is 5.24. The van der Waals surface area contributed by atoms with Crippen molar-refractivity contribution >= 4 is 11.6 Å². The molecule has 0 spiro atoms. The van der Waals surface area contributed by atoms with Crippen LogP contribution in [0.1, 0.15) is 16.2 Å². The fourth-order valence-corrected chi connectivity index (χ4v) is 2.30. The fourth-order valence-electron chi connectivity index (χ4n) is 2.30. The van der Waals surface area contributed by atoms with Gasteiger partial charge in [-0.2, -0.15) is 0 Å². The minimum atomic E-state index is -0.282. The molecule has 1 aromatic heterocycles. The van der Waals surface area contributed by atoms with Crippen molar-refractivity contribution in [2.75, 3.05) is 12.4 Å². The Morgan fingerprint density at radius 2 is 1.88 bits per heavy atom. The predicted octanol–water partition coefficient (Wildman–Crippen LogP) is 3.71. The SMILES string of the molecule is COc1cccc(-c2cnc(C)c(C(=O)Nc3ccccc3)n2)c1. The smallest absolute Gasteiger partial charge is 0.276 e. The molecule has 0 bridgehead atoms. The van der Waals surface area contributed by atoms with Crippen molar-refractivity contribution in [2.45, 2.75) is 6.92 Å². The van der Waals surface area contributed by atoms with E-state index < -0.39 is 0 Å². The van der Waals surface area contributed by atoms with Crippen LogP contribution in [0.5, 0.6) is 5.75 Å². The minimum Gasteiger partial charge on any atom is -0.497 e. The third-order valence-electron chi connectivity index (χ3n) is 3.57. The lowest BCUT2D eigenvalue weighted by molar-refractivity contribution is 0.102. The molecule has 0 aliphatic heterocycles. The number of hydrogen-bond acceptors (Lipinski definition) is 4. The van der Waals surface area contributed by atoms with Crippen molar-refractivity contribution in [1.82, 2.24) is 9.97 Å². The summed E-state index contributed by atoms with van der Waals surface area (Å²) in [6.45, 7) is 1.77. The van der Waals surface area contributed by atoms with Crippen LogP contribution >= 0.6 is 0 Å². The molecule has 0 aliphatic carbocycles. The maximum absolute atomic E-state index is 12.5.